The van der Waals surface area contributed by atoms with E-state index >= 15 is 0 Å². The van der Waals surface area contributed by atoms with Crippen LogP contribution in [0.1, 0.15) is 17.9 Å². The van der Waals surface area contributed by atoms with Gasteiger partial charge in [-0.3, -0.25) is 4.90 Å². The third kappa shape index (κ3) is 6.51. The van der Waals surface area contributed by atoms with Crippen molar-refractivity contribution in [1.29, 1.82) is 0 Å². The Bertz CT molecular complexity index is 922. The summed E-state index contributed by atoms with van der Waals surface area (Å²) < 4.78 is 66.2. The number of nitrogens with zero attached hydrogens (tertiary/aromatic N) is 4. The minimum atomic E-state index is -4.43. The lowest BCUT2D eigenvalue weighted by molar-refractivity contribution is -0.137. The molecule has 160 valence electrons. The molecular formula is C18H23F3N4O3S. The number of sulfone groups is 1. The van der Waals surface area contributed by atoms with Crippen LogP contribution in [0.5, 0.6) is 0 Å². The maximum Gasteiger partial charge on any atom is 0.416 e. The summed E-state index contributed by atoms with van der Waals surface area (Å²) in [6.07, 6.45) is -2.57. The van der Waals surface area contributed by atoms with E-state index in [1.54, 1.807) is 0 Å². The fraction of sp³-hybridized carbons (Fsp3) is 0.556. The van der Waals surface area contributed by atoms with Crippen LogP contribution in [0.2, 0.25) is 0 Å². The molecule has 0 unspecified atom stereocenters. The van der Waals surface area contributed by atoms with E-state index in [-0.39, 0.29) is 17.1 Å². The zero-order chi connectivity index (χ0) is 21.1. The number of halogens is 3. The van der Waals surface area contributed by atoms with E-state index in [0.29, 0.717) is 18.9 Å². The SMILES string of the molecule is CS(=O)(=O)CCCN1CCN(Cc2nc(-c3cccc(C(F)(F)F)c3)no2)CC1. The van der Waals surface area contributed by atoms with Gasteiger partial charge in [0.25, 0.3) is 0 Å². The zero-order valence-electron chi connectivity index (χ0n) is 16.0. The van der Waals surface area contributed by atoms with E-state index in [0.717, 1.165) is 44.9 Å². The quantitative estimate of drug-likeness (QED) is 0.664. The highest BCUT2D eigenvalue weighted by atomic mass is 32.2. The van der Waals surface area contributed by atoms with Crippen LogP contribution in [0, 0.1) is 0 Å². The van der Waals surface area contributed by atoms with Gasteiger partial charge in [0.15, 0.2) is 0 Å². The van der Waals surface area contributed by atoms with Gasteiger partial charge in [0.05, 0.1) is 17.9 Å². The maximum atomic E-state index is 12.9. The second-order valence-corrected chi connectivity index (χ2v) is 9.45. The highest BCUT2D eigenvalue weighted by Gasteiger charge is 2.31. The fourth-order valence-corrected chi connectivity index (χ4v) is 3.84. The van der Waals surface area contributed by atoms with Gasteiger partial charge < -0.3 is 9.42 Å². The fourth-order valence-electron chi connectivity index (χ4n) is 3.18. The predicted octanol–water partition coefficient (Wildman–Crippen LogP) is 2.31. The van der Waals surface area contributed by atoms with E-state index in [2.05, 4.69) is 19.9 Å². The lowest BCUT2D eigenvalue weighted by Crippen LogP contribution is -2.46. The number of piperazine rings is 1. The van der Waals surface area contributed by atoms with Crippen molar-refractivity contribution in [2.24, 2.45) is 0 Å². The number of hydrogen-bond donors (Lipinski definition) is 0. The van der Waals surface area contributed by atoms with Crippen molar-refractivity contribution in [3.63, 3.8) is 0 Å². The molecule has 0 N–H and O–H groups in total. The standard InChI is InChI=1S/C18H23F3N4O3S/c1-29(26,27)11-3-6-24-7-9-25(10-8-24)13-16-22-17(23-28-16)14-4-2-5-15(12-14)18(19,20)21/h2,4-5,12H,3,6-11,13H2,1H3. The van der Waals surface area contributed by atoms with Crippen molar-refractivity contribution < 1.29 is 26.1 Å². The van der Waals surface area contributed by atoms with Gasteiger partial charge in [0, 0.05) is 38.0 Å². The number of hydrogen-bond acceptors (Lipinski definition) is 7. The molecule has 1 fully saturated rings. The second kappa shape index (κ2) is 8.80. The van der Waals surface area contributed by atoms with E-state index in [1.807, 2.05) is 0 Å². The van der Waals surface area contributed by atoms with Gasteiger partial charge in [-0.25, -0.2) is 8.42 Å². The molecule has 29 heavy (non-hydrogen) atoms. The lowest BCUT2D eigenvalue weighted by Gasteiger charge is -2.33. The number of alkyl halides is 3. The van der Waals surface area contributed by atoms with Crippen molar-refractivity contribution in [2.45, 2.75) is 19.1 Å². The molecule has 1 aromatic heterocycles. The first kappa shape index (κ1) is 21.7. The van der Waals surface area contributed by atoms with Crippen LogP contribution < -0.4 is 0 Å². The first-order valence-corrected chi connectivity index (χ1v) is 11.3. The first-order chi connectivity index (χ1) is 13.6. The summed E-state index contributed by atoms with van der Waals surface area (Å²) in [7, 11) is -2.94. The Kier molecular flexibility index (Phi) is 6.59. The van der Waals surface area contributed by atoms with Gasteiger partial charge >= 0.3 is 6.18 Å². The van der Waals surface area contributed by atoms with Gasteiger partial charge in [0.2, 0.25) is 11.7 Å². The third-order valence-electron chi connectivity index (χ3n) is 4.73. The average Bonchev–Trinajstić information content (AvgIpc) is 3.10. The van der Waals surface area contributed by atoms with Crippen LogP contribution in [0.25, 0.3) is 11.4 Å². The summed E-state index contributed by atoms with van der Waals surface area (Å²) in [5, 5.41) is 3.81. The molecule has 0 spiro atoms. The third-order valence-corrected chi connectivity index (χ3v) is 5.76. The highest BCUT2D eigenvalue weighted by molar-refractivity contribution is 7.90. The van der Waals surface area contributed by atoms with E-state index in [4.69, 9.17) is 4.52 Å². The minimum Gasteiger partial charge on any atom is -0.338 e. The minimum absolute atomic E-state index is 0.130. The van der Waals surface area contributed by atoms with Gasteiger partial charge in [-0.2, -0.15) is 18.2 Å². The highest BCUT2D eigenvalue weighted by Crippen LogP contribution is 2.31. The van der Waals surface area contributed by atoms with Crippen LogP contribution in [-0.2, 0) is 22.6 Å². The molecule has 3 rings (SSSR count). The topological polar surface area (TPSA) is 79.5 Å². The molecule has 0 amide bonds. The Morgan fingerprint density at radius 1 is 1.14 bits per heavy atom. The Balaban J connectivity index is 1.51. The van der Waals surface area contributed by atoms with Crippen molar-refractivity contribution in [3.05, 3.63) is 35.7 Å². The van der Waals surface area contributed by atoms with Crippen LogP contribution in [0.15, 0.2) is 28.8 Å². The summed E-state index contributed by atoms with van der Waals surface area (Å²) in [5.41, 5.74) is -0.501. The van der Waals surface area contributed by atoms with Crippen LogP contribution >= 0.6 is 0 Å². The molecule has 1 saturated heterocycles. The molecule has 0 bridgehead atoms. The van der Waals surface area contributed by atoms with Gasteiger partial charge in [0.1, 0.15) is 9.84 Å². The number of aromatic nitrogens is 2. The Morgan fingerprint density at radius 2 is 1.83 bits per heavy atom. The van der Waals surface area contributed by atoms with E-state index < -0.39 is 21.6 Å². The van der Waals surface area contributed by atoms with Crippen LogP contribution in [0.3, 0.4) is 0 Å². The molecule has 0 saturated carbocycles. The normalized spacial score (nSPS) is 17.0. The Labute approximate surface area is 167 Å². The molecule has 1 aliphatic heterocycles. The largest absolute Gasteiger partial charge is 0.416 e. The Morgan fingerprint density at radius 3 is 2.48 bits per heavy atom. The first-order valence-electron chi connectivity index (χ1n) is 9.23. The maximum absolute atomic E-state index is 12.9. The molecule has 0 atom stereocenters. The summed E-state index contributed by atoms with van der Waals surface area (Å²) >= 11 is 0. The van der Waals surface area contributed by atoms with E-state index in [9.17, 15) is 21.6 Å². The lowest BCUT2D eigenvalue weighted by atomic mass is 10.1. The van der Waals surface area contributed by atoms with Crippen molar-refractivity contribution in [2.75, 3.05) is 44.7 Å². The summed E-state index contributed by atoms with van der Waals surface area (Å²) in [5.74, 6) is 0.668. The van der Waals surface area contributed by atoms with E-state index in [1.165, 1.54) is 18.4 Å². The number of benzene rings is 1. The summed E-state index contributed by atoms with van der Waals surface area (Å²) in [6, 6.07) is 4.83. The molecule has 1 aliphatic rings. The zero-order valence-corrected chi connectivity index (χ0v) is 16.8. The van der Waals surface area contributed by atoms with Crippen molar-refractivity contribution in [1.82, 2.24) is 19.9 Å². The molecule has 0 radical (unpaired) electrons. The van der Waals surface area contributed by atoms with Gasteiger partial charge in [-0.05, 0) is 25.1 Å². The van der Waals surface area contributed by atoms with Crippen LogP contribution in [0.4, 0.5) is 13.2 Å². The predicted molar refractivity (Wildman–Crippen MR) is 101 cm³/mol. The second-order valence-electron chi connectivity index (χ2n) is 7.19. The molecule has 0 aliphatic carbocycles. The molecule has 11 heteroatoms. The van der Waals surface area contributed by atoms with Crippen molar-refractivity contribution in [3.8, 4) is 11.4 Å². The summed E-state index contributed by atoms with van der Waals surface area (Å²) in [4.78, 5) is 8.56. The monoisotopic (exact) mass is 432 g/mol. The molecule has 2 aromatic rings. The smallest absolute Gasteiger partial charge is 0.338 e. The van der Waals surface area contributed by atoms with Gasteiger partial charge in [-0.15, -0.1) is 0 Å². The van der Waals surface area contributed by atoms with Crippen molar-refractivity contribution >= 4 is 9.84 Å². The number of rotatable bonds is 7. The average molecular weight is 432 g/mol. The molecule has 2 heterocycles. The van der Waals surface area contributed by atoms with Crippen LogP contribution in [-0.4, -0.2) is 73.1 Å². The molecule has 7 nitrogen and oxygen atoms in total. The van der Waals surface area contributed by atoms with Gasteiger partial charge in [-0.1, -0.05) is 17.3 Å². The summed E-state index contributed by atoms with van der Waals surface area (Å²) in [6.45, 7) is 4.29. The molecular weight excluding hydrogens is 409 g/mol. The Hall–Kier alpha value is -1.98. The molecule has 1 aromatic carbocycles.